The third kappa shape index (κ3) is 3.96. The Kier molecular flexibility index (Phi) is 5.72. The average molecular weight is 437 g/mol. The molecule has 0 bridgehead atoms. The fourth-order valence-corrected chi connectivity index (χ4v) is 3.78. The molecule has 2 aromatic carbocycles. The van der Waals surface area contributed by atoms with Gasteiger partial charge in [-0.3, -0.25) is 4.79 Å². The fraction of sp³-hybridized carbons (Fsp3) is 0.217. The van der Waals surface area contributed by atoms with E-state index in [1.54, 1.807) is 16.8 Å². The molecule has 0 radical (unpaired) electrons. The number of carbonyl (C=O) groups is 3. The van der Waals surface area contributed by atoms with Gasteiger partial charge in [0.2, 0.25) is 0 Å². The van der Waals surface area contributed by atoms with E-state index in [1.165, 1.54) is 44.6 Å². The van der Waals surface area contributed by atoms with E-state index in [0.717, 1.165) is 24.1 Å². The molecule has 0 saturated carbocycles. The summed E-state index contributed by atoms with van der Waals surface area (Å²) in [7, 11) is 2.44. The van der Waals surface area contributed by atoms with E-state index in [2.05, 4.69) is 10.4 Å². The number of anilines is 1. The van der Waals surface area contributed by atoms with E-state index in [-0.39, 0.29) is 28.3 Å². The predicted octanol–water partition coefficient (Wildman–Crippen LogP) is 3.33. The first kappa shape index (κ1) is 21.2. The highest BCUT2D eigenvalue weighted by Crippen LogP contribution is 2.29. The van der Waals surface area contributed by atoms with Crippen LogP contribution in [0.4, 0.5) is 10.1 Å². The van der Waals surface area contributed by atoms with Crippen LogP contribution >= 0.6 is 0 Å². The maximum absolute atomic E-state index is 13.3. The van der Waals surface area contributed by atoms with Crippen molar-refractivity contribution in [1.29, 1.82) is 0 Å². The predicted molar refractivity (Wildman–Crippen MR) is 113 cm³/mol. The summed E-state index contributed by atoms with van der Waals surface area (Å²) in [5, 5.41) is 7.18. The van der Waals surface area contributed by atoms with Gasteiger partial charge in [0.25, 0.3) is 5.91 Å². The summed E-state index contributed by atoms with van der Waals surface area (Å²) >= 11 is 0. The highest BCUT2D eigenvalue weighted by molar-refractivity contribution is 6.06. The van der Waals surface area contributed by atoms with Crippen LogP contribution in [0.3, 0.4) is 0 Å². The van der Waals surface area contributed by atoms with Crippen molar-refractivity contribution in [3.63, 3.8) is 0 Å². The van der Waals surface area contributed by atoms with Crippen molar-refractivity contribution >= 4 is 23.5 Å². The molecule has 3 aromatic rings. The first-order chi connectivity index (χ1) is 15.4. The number of hydrogen-bond acceptors (Lipinski definition) is 6. The Morgan fingerprint density at radius 2 is 1.59 bits per heavy atom. The van der Waals surface area contributed by atoms with Gasteiger partial charge in [-0.05, 0) is 61.7 Å². The van der Waals surface area contributed by atoms with Gasteiger partial charge in [-0.25, -0.2) is 18.7 Å². The van der Waals surface area contributed by atoms with E-state index in [9.17, 15) is 18.8 Å². The Morgan fingerprint density at radius 3 is 2.19 bits per heavy atom. The lowest BCUT2D eigenvalue weighted by atomic mass is 10.1. The zero-order chi connectivity index (χ0) is 22.8. The summed E-state index contributed by atoms with van der Waals surface area (Å²) in [6.45, 7) is 0. The topological polar surface area (TPSA) is 99.5 Å². The van der Waals surface area contributed by atoms with Crippen molar-refractivity contribution in [2.75, 3.05) is 19.5 Å². The van der Waals surface area contributed by atoms with Crippen molar-refractivity contribution < 1.29 is 28.2 Å². The van der Waals surface area contributed by atoms with Gasteiger partial charge in [0.15, 0.2) is 5.69 Å². The molecule has 0 aliphatic heterocycles. The summed E-state index contributed by atoms with van der Waals surface area (Å²) in [5.74, 6) is -2.16. The maximum atomic E-state index is 13.3. The fourth-order valence-electron chi connectivity index (χ4n) is 3.78. The number of fused-ring (bicyclic) bond motifs is 1. The number of ether oxygens (including phenoxy) is 2. The number of halogens is 1. The molecule has 0 atom stereocenters. The molecule has 9 heteroatoms. The first-order valence-corrected chi connectivity index (χ1v) is 9.91. The standard InChI is InChI=1S/C23H20FN3O5/c1-31-22(29)13-10-14(23(30)32-2)12-16(11-13)25-21(28)20-18-4-3-5-19(18)27(26-20)17-8-6-15(24)7-9-17/h6-12H,3-5H2,1-2H3,(H,25,28). The molecule has 164 valence electrons. The van der Waals surface area contributed by atoms with Gasteiger partial charge in [0, 0.05) is 16.9 Å². The summed E-state index contributed by atoms with van der Waals surface area (Å²) < 4.78 is 24.4. The molecule has 1 aliphatic carbocycles. The quantitative estimate of drug-likeness (QED) is 0.615. The molecule has 1 aromatic heterocycles. The number of nitrogens with one attached hydrogen (secondary N) is 1. The number of amides is 1. The maximum Gasteiger partial charge on any atom is 0.337 e. The normalized spacial score (nSPS) is 12.2. The zero-order valence-electron chi connectivity index (χ0n) is 17.5. The number of aromatic nitrogens is 2. The van der Waals surface area contributed by atoms with Gasteiger partial charge < -0.3 is 14.8 Å². The van der Waals surface area contributed by atoms with E-state index in [1.807, 2.05) is 0 Å². The number of esters is 2. The van der Waals surface area contributed by atoms with E-state index in [0.29, 0.717) is 12.1 Å². The zero-order valence-corrected chi connectivity index (χ0v) is 17.5. The Labute approximate surface area is 182 Å². The molecule has 1 heterocycles. The molecule has 0 fully saturated rings. The summed E-state index contributed by atoms with van der Waals surface area (Å²) in [6, 6.07) is 10.0. The molecular formula is C23H20FN3O5. The second-order valence-electron chi connectivity index (χ2n) is 7.25. The summed E-state index contributed by atoms with van der Waals surface area (Å²) in [4.78, 5) is 37.1. The van der Waals surface area contributed by atoms with Crippen molar-refractivity contribution in [3.05, 3.63) is 76.4 Å². The largest absolute Gasteiger partial charge is 0.465 e. The number of rotatable bonds is 5. The third-order valence-electron chi connectivity index (χ3n) is 5.25. The number of benzene rings is 2. The second-order valence-corrected chi connectivity index (χ2v) is 7.25. The van der Waals surface area contributed by atoms with Crippen LogP contribution < -0.4 is 5.32 Å². The van der Waals surface area contributed by atoms with Crippen molar-refractivity contribution in [3.8, 4) is 5.69 Å². The molecule has 1 aliphatic rings. The number of hydrogen-bond donors (Lipinski definition) is 1. The van der Waals surface area contributed by atoms with Gasteiger partial charge in [0.1, 0.15) is 5.82 Å². The summed E-state index contributed by atoms with van der Waals surface area (Å²) in [5.41, 5.74) is 3.03. The van der Waals surface area contributed by atoms with Gasteiger partial charge in [-0.1, -0.05) is 0 Å². The monoisotopic (exact) mass is 437 g/mol. The van der Waals surface area contributed by atoms with Crippen LogP contribution in [0.25, 0.3) is 5.69 Å². The molecule has 0 unspecified atom stereocenters. The lowest BCUT2D eigenvalue weighted by Crippen LogP contribution is -2.16. The average Bonchev–Trinajstić information content (AvgIpc) is 3.41. The van der Waals surface area contributed by atoms with Crippen LogP contribution in [0.1, 0.15) is 48.9 Å². The van der Waals surface area contributed by atoms with Gasteiger partial charge in [0.05, 0.1) is 31.0 Å². The highest BCUT2D eigenvalue weighted by atomic mass is 19.1. The Hall–Kier alpha value is -4.01. The van der Waals surface area contributed by atoms with Crippen LogP contribution in [0.15, 0.2) is 42.5 Å². The van der Waals surface area contributed by atoms with Crippen molar-refractivity contribution in [2.45, 2.75) is 19.3 Å². The van der Waals surface area contributed by atoms with Crippen LogP contribution in [-0.4, -0.2) is 41.8 Å². The molecule has 0 saturated heterocycles. The van der Waals surface area contributed by atoms with Crippen molar-refractivity contribution in [2.24, 2.45) is 0 Å². The van der Waals surface area contributed by atoms with E-state index >= 15 is 0 Å². The van der Waals surface area contributed by atoms with E-state index in [4.69, 9.17) is 9.47 Å². The third-order valence-corrected chi connectivity index (χ3v) is 5.25. The minimum Gasteiger partial charge on any atom is -0.465 e. The molecule has 1 N–H and O–H groups in total. The minimum absolute atomic E-state index is 0.0905. The van der Waals surface area contributed by atoms with Crippen molar-refractivity contribution in [1.82, 2.24) is 9.78 Å². The second kappa shape index (κ2) is 8.62. The molecule has 4 rings (SSSR count). The Bertz CT molecular complexity index is 1180. The lowest BCUT2D eigenvalue weighted by molar-refractivity contribution is 0.0599. The lowest BCUT2D eigenvalue weighted by Gasteiger charge is -2.09. The number of nitrogens with zero attached hydrogens (tertiary/aromatic N) is 2. The molecule has 1 amide bonds. The van der Waals surface area contributed by atoms with Crippen LogP contribution in [0.5, 0.6) is 0 Å². The molecular weight excluding hydrogens is 417 g/mol. The highest BCUT2D eigenvalue weighted by Gasteiger charge is 2.27. The molecule has 0 spiro atoms. The van der Waals surface area contributed by atoms with Crippen LogP contribution in [0, 0.1) is 5.82 Å². The number of carbonyl (C=O) groups excluding carboxylic acids is 3. The number of methoxy groups -OCH3 is 2. The first-order valence-electron chi connectivity index (χ1n) is 9.91. The van der Waals surface area contributed by atoms with Gasteiger partial charge in [-0.15, -0.1) is 0 Å². The minimum atomic E-state index is -0.660. The molecule has 32 heavy (non-hydrogen) atoms. The summed E-state index contributed by atoms with van der Waals surface area (Å²) in [6.07, 6.45) is 2.31. The van der Waals surface area contributed by atoms with Gasteiger partial charge in [-0.2, -0.15) is 5.10 Å². The van der Waals surface area contributed by atoms with Crippen LogP contribution in [0.2, 0.25) is 0 Å². The van der Waals surface area contributed by atoms with E-state index < -0.39 is 17.8 Å². The Balaban J connectivity index is 1.69. The molecule has 8 nitrogen and oxygen atoms in total. The van der Waals surface area contributed by atoms with Gasteiger partial charge >= 0.3 is 11.9 Å². The smallest absolute Gasteiger partial charge is 0.337 e. The van der Waals surface area contributed by atoms with Crippen LogP contribution in [-0.2, 0) is 22.3 Å². The Morgan fingerprint density at radius 1 is 0.969 bits per heavy atom. The SMILES string of the molecule is COC(=O)c1cc(NC(=O)c2nn(-c3ccc(F)cc3)c3c2CCC3)cc(C(=O)OC)c1.